The van der Waals surface area contributed by atoms with Crippen molar-refractivity contribution in [2.45, 2.75) is 20.0 Å². The molecule has 2 aliphatic rings. The molecule has 1 amide bonds. The highest BCUT2D eigenvalue weighted by atomic mass is 19.4. The van der Waals surface area contributed by atoms with Gasteiger partial charge in [-0.1, -0.05) is 6.07 Å². The van der Waals surface area contributed by atoms with Crippen molar-refractivity contribution in [2.24, 2.45) is 7.05 Å². The summed E-state index contributed by atoms with van der Waals surface area (Å²) in [6.45, 7) is 6.33. The fraction of sp³-hybridized carbons (Fsp3) is 0.357. The maximum Gasteiger partial charge on any atom is 0.416 e. The lowest BCUT2D eigenvalue weighted by molar-refractivity contribution is -0.137. The lowest BCUT2D eigenvalue weighted by Gasteiger charge is -2.35. The van der Waals surface area contributed by atoms with Crippen molar-refractivity contribution in [3.63, 3.8) is 0 Å². The Morgan fingerprint density at radius 2 is 1.78 bits per heavy atom. The summed E-state index contributed by atoms with van der Waals surface area (Å²) in [7, 11) is 5.22. The van der Waals surface area contributed by atoms with Gasteiger partial charge in [-0.05, 0) is 50.7 Å². The molecule has 0 radical (unpaired) electrons. The number of rotatable bonds is 6. The molecule has 218 valence electrons. The molecule has 3 heterocycles. The van der Waals surface area contributed by atoms with E-state index in [0.717, 1.165) is 34.7 Å². The van der Waals surface area contributed by atoms with E-state index >= 15 is 0 Å². The summed E-state index contributed by atoms with van der Waals surface area (Å²) in [5.74, 6) is -0.374. The zero-order valence-corrected chi connectivity index (χ0v) is 23.6. The molecule has 2 aromatic carbocycles. The minimum atomic E-state index is -4.60. The number of likely N-dealkylation sites (N-methyl/N-ethyl adjacent to an activating group) is 1. The number of nitrogens with zero attached hydrogens (tertiary/aromatic N) is 5. The Kier molecular flexibility index (Phi) is 7.58. The summed E-state index contributed by atoms with van der Waals surface area (Å²) >= 11 is 0. The predicted octanol–water partition coefficient (Wildman–Crippen LogP) is 3.90. The van der Waals surface area contributed by atoms with Crippen LogP contribution < -0.4 is 30.9 Å². The Morgan fingerprint density at radius 1 is 1.05 bits per heavy atom. The number of hydrogen-bond acceptors (Lipinski definition) is 8. The van der Waals surface area contributed by atoms with Crippen LogP contribution in [0.3, 0.4) is 0 Å². The predicted molar refractivity (Wildman–Crippen MR) is 152 cm³/mol. The number of aromatic nitrogens is 2. The molecule has 1 saturated heterocycles. The van der Waals surface area contributed by atoms with Crippen molar-refractivity contribution in [1.82, 2.24) is 25.6 Å². The van der Waals surface area contributed by atoms with Gasteiger partial charge in [0.15, 0.2) is 5.75 Å². The van der Waals surface area contributed by atoms with Crippen molar-refractivity contribution in [2.75, 3.05) is 55.6 Å². The van der Waals surface area contributed by atoms with E-state index in [2.05, 4.69) is 26.3 Å². The molecule has 2 aliphatic heterocycles. The van der Waals surface area contributed by atoms with Gasteiger partial charge in [-0.3, -0.25) is 14.5 Å². The van der Waals surface area contributed by atoms with Gasteiger partial charge >= 0.3 is 6.18 Å². The number of hydrogen-bond donors (Lipinski definition) is 3. The van der Waals surface area contributed by atoms with Gasteiger partial charge in [0, 0.05) is 56.2 Å². The first kappa shape index (κ1) is 28.3. The smallest absolute Gasteiger partial charge is 0.416 e. The Hall–Kier alpha value is -4.23. The first-order valence-corrected chi connectivity index (χ1v) is 13.1. The van der Waals surface area contributed by atoms with Gasteiger partial charge in [0.25, 0.3) is 5.91 Å². The number of benzene rings is 2. The lowest BCUT2D eigenvalue weighted by Crippen LogP contribution is -2.44. The third-order valence-electron chi connectivity index (χ3n) is 7.52. The van der Waals surface area contributed by atoms with Crippen LogP contribution in [-0.4, -0.2) is 60.9 Å². The van der Waals surface area contributed by atoms with E-state index in [1.54, 1.807) is 34.1 Å². The molecule has 5 rings (SSSR count). The van der Waals surface area contributed by atoms with Crippen LogP contribution in [0.5, 0.6) is 5.75 Å². The number of carbonyl (C=O) groups is 1. The number of amides is 1. The standard InChI is InChI=1S/C28H33F3N8O2/c1-17-6-7-19(12-24(17)39-16-23(34-35-39)21-15-32-37(4)18(21)2)27(40)33-22-13-20(28(29,30)31)14-25(26(22)41-5)38-10-8-36(3)9-11-38/h6-7,12-16,34-35H,8-11H2,1-5H3,(H,33,40). The third-order valence-corrected chi connectivity index (χ3v) is 7.52. The van der Waals surface area contributed by atoms with Crippen molar-refractivity contribution in [3.05, 3.63) is 70.7 Å². The van der Waals surface area contributed by atoms with Crippen LogP contribution in [0.1, 0.15) is 32.7 Å². The number of alkyl halides is 3. The first-order valence-electron chi connectivity index (χ1n) is 13.1. The summed E-state index contributed by atoms with van der Waals surface area (Å²) in [5, 5.41) is 8.70. The van der Waals surface area contributed by atoms with E-state index in [1.165, 1.54) is 7.11 Å². The Bertz CT molecular complexity index is 1490. The van der Waals surface area contributed by atoms with Crippen LogP contribution in [0, 0.1) is 13.8 Å². The van der Waals surface area contributed by atoms with Crippen LogP contribution in [0.25, 0.3) is 5.70 Å². The average molecular weight is 571 g/mol. The second-order valence-corrected chi connectivity index (χ2v) is 10.2. The van der Waals surface area contributed by atoms with Gasteiger partial charge in [-0.15, -0.1) is 5.53 Å². The zero-order chi connectivity index (χ0) is 29.5. The quantitative estimate of drug-likeness (QED) is 0.412. The van der Waals surface area contributed by atoms with E-state index in [1.807, 2.05) is 39.0 Å². The maximum atomic E-state index is 13.9. The topological polar surface area (TPSA) is 89.9 Å². The number of hydrazine groups is 2. The third kappa shape index (κ3) is 5.68. The largest absolute Gasteiger partial charge is 0.492 e. The van der Waals surface area contributed by atoms with Crippen molar-refractivity contribution < 1.29 is 22.7 Å². The van der Waals surface area contributed by atoms with Gasteiger partial charge in [0.1, 0.15) is 0 Å². The number of nitrogens with one attached hydrogen (secondary N) is 3. The second-order valence-electron chi connectivity index (χ2n) is 10.2. The number of methoxy groups -OCH3 is 1. The van der Waals surface area contributed by atoms with E-state index in [9.17, 15) is 18.0 Å². The number of piperazine rings is 1. The van der Waals surface area contributed by atoms with Crippen LogP contribution in [0.4, 0.5) is 30.2 Å². The van der Waals surface area contributed by atoms with Gasteiger partial charge in [0.05, 0.1) is 41.6 Å². The Morgan fingerprint density at radius 3 is 2.41 bits per heavy atom. The van der Waals surface area contributed by atoms with Gasteiger partial charge in [0.2, 0.25) is 0 Å². The average Bonchev–Trinajstić information content (AvgIpc) is 3.54. The molecule has 0 saturated carbocycles. The summed E-state index contributed by atoms with van der Waals surface area (Å²) in [5.41, 5.74) is 10.1. The normalized spacial score (nSPS) is 16.0. The first-order chi connectivity index (χ1) is 19.5. The molecule has 10 nitrogen and oxygen atoms in total. The highest BCUT2D eigenvalue weighted by Gasteiger charge is 2.34. The molecule has 0 bridgehead atoms. The molecular weight excluding hydrogens is 537 g/mol. The minimum absolute atomic E-state index is 0.0430. The highest BCUT2D eigenvalue weighted by molar-refractivity contribution is 6.06. The molecule has 0 unspecified atom stereocenters. The summed E-state index contributed by atoms with van der Waals surface area (Å²) in [6.07, 6.45) is -0.990. The maximum absolute atomic E-state index is 13.9. The van der Waals surface area contributed by atoms with Crippen molar-refractivity contribution >= 4 is 28.7 Å². The Labute approximate surface area is 236 Å². The van der Waals surface area contributed by atoms with E-state index in [0.29, 0.717) is 37.6 Å². The molecule has 41 heavy (non-hydrogen) atoms. The van der Waals surface area contributed by atoms with E-state index < -0.39 is 17.6 Å². The molecule has 0 aliphatic carbocycles. The summed E-state index contributed by atoms with van der Waals surface area (Å²) < 4.78 is 49.1. The van der Waals surface area contributed by atoms with Crippen LogP contribution >= 0.6 is 0 Å². The van der Waals surface area contributed by atoms with Gasteiger partial charge < -0.3 is 25.3 Å². The fourth-order valence-electron chi connectivity index (χ4n) is 4.92. The van der Waals surface area contributed by atoms with E-state index in [4.69, 9.17) is 4.74 Å². The molecule has 3 aromatic rings. The molecule has 13 heteroatoms. The highest BCUT2D eigenvalue weighted by Crippen LogP contribution is 2.43. The molecule has 0 spiro atoms. The number of anilines is 3. The number of carbonyl (C=O) groups excluding carboxylic acids is 1. The number of ether oxygens (including phenoxy) is 1. The molecule has 1 fully saturated rings. The van der Waals surface area contributed by atoms with Crippen LogP contribution in [0.15, 0.2) is 42.7 Å². The lowest BCUT2D eigenvalue weighted by atomic mass is 10.1. The minimum Gasteiger partial charge on any atom is -0.492 e. The monoisotopic (exact) mass is 570 g/mol. The number of aryl methyl sites for hydroxylation is 2. The van der Waals surface area contributed by atoms with Crippen LogP contribution in [-0.2, 0) is 13.2 Å². The van der Waals surface area contributed by atoms with E-state index in [-0.39, 0.29) is 17.0 Å². The van der Waals surface area contributed by atoms with Crippen LogP contribution in [0.2, 0.25) is 0 Å². The molecule has 3 N–H and O–H groups in total. The Balaban J connectivity index is 1.45. The van der Waals surface area contributed by atoms with Gasteiger partial charge in [-0.2, -0.15) is 18.3 Å². The molecule has 1 aromatic heterocycles. The zero-order valence-electron chi connectivity index (χ0n) is 23.6. The second kappa shape index (κ2) is 11.0. The van der Waals surface area contributed by atoms with Crippen molar-refractivity contribution in [1.29, 1.82) is 0 Å². The molecular formula is C28H33F3N8O2. The molecule has 0 atom stereocenters. The summed E-state index contributed by atoms with van der Waals surface area (Å²) in [4.78, 5) is 17.4. The fourth-order valence-corrected chi connectivity index (χ4v) is 4.92. The van der Waals surface area contributed by atoms with Gasteiger partial charge in [-0.25, -0.2) is 0 Å². The SMILES string of the molecule is COc1c(NC(=O)c2ccc(C)c(N3C=C(c4cnn(C)c4C)NN3)c2)cc(C(F)(F)F)cc1N1CCN(C)CC1. The number of halogens is 3. The summed E-state index contributed by atoms with van der Waals surface area (Å²) in [6, 6.07) is 7.10. The van der Waals surface area contributed by atoms with Crippen molar-refractivity contribution in [3.8, 4) is 5.75 Å².